The fraction of sp³-hybridized carbons (Fsp3) is 0.500. The van der Waals surface area contributed by atoms with Crippen molar-refractivity contribution in [3.63, 3.8) is 0 Å². The van der Waals surface area contributed by atoms with E-state index in [0.717, 1.165) is 11.3 Å². The van der Waals surface area contributed by atoms with Crippen molar-refractivity contribution in [3.8, 4) is 5.75 Å². The number of rotatable bonds is 5. The highest BCUT2D eigenvalue weighted by atomic mass is 16.6. The Balaban J connectivity index is 2.81. The number of ether oxygens (including phenoxy) is 2. The summed E-state index contributed by atoms with van der Waals surface area (Å²) < 4.78 is 10.8. The van der Waals surface area contributed by atoms with Crippen molar-refractivity contribution < 1.29 is 14.3 Å². The zero-order valence-corrected chi connectivity index (χ0v) is 10.9. The SMILES string of the molecule is CCOC(=O)C(Oc1ccccc1C)C(C)C. The lowest BCUT2D eigenvalue weighted by Crippen LogP contribution is -2.34. The summed E-state index contributed by atoms with van der Waals surface area (Å²) in [5, 5.41) is 0. The van der Waals surface area contributed by atoms with Crippen molar-refractivity contribution >= 4 is 5.97 Å². The van der Waals surface area contributed by atoms with E-state index >= 15 is 0 Å². The lowest BCUT2D eigenvalue weighted by atomic mass is 10.1. The predicted octanol–water partition coefficient (Wildman–Crippen LogP) is 2.96. The number of esters is 1. The molecule has 0 aliphatic rings. The number of para-hydroxylation sites is 1. The first kappa shape index (κ1) is 13.6. The maximum atomic E-state index is 11.8. The number of hydrogen-bond donors (Lipinski definition) is 0. The van der Waals surface area contributed by atoms with E-state index in [-0.39, 0.29) is 11.9 Å². The predicted molar refractivity (Wildman–Crippen MR) is 67.1 cm³/mol. The van der Waals surface area contributed by atoms with Crippen LogP contribution < -0.4 is 4.74 Å². The Hall–Kier alpha value is -1.51. The molecule has 0 saturated heterocycles. The molecule has 1 rings (SSSR count). The summed E-state index contributed by atoms with van der Waals surface area (Å²) in [6.07, 6.45) is -0.545. The molecule has 0 heterocycles. The molecule has 1 atom stereocenters. The lowest BCUT2D eigenvalue weighted by molar-refractivity contribution is -0.153. The second-order valence-corrected chi connectivity index (χ2v) is 4.30. The molecular formula is C14H20O3. The third-order valence-electron chi connectivity index (χ3n) is 2.47. The molecule has 17 heavy (non-hydrogen) atoms. The summed E-state index contributed by atoms with van der Waals surface area (Å²) in [5.74, 6) is 0.513. The highest BCUT2D eigenvalue weighted by Gasteiger charge is 2.25. The Morgan fingerprint density at radius 3 is 2.47 bits per heavy atom. The van der Waals surface area contributed by atoms with Gasteiger partial charge in [-0.15, -0.1) is 0 Å². The van der Waals surface area contributed by atoms with Crippen molar-refractivity contribution in [1.29, 1.82) is 0 Å². The Labute approximate surface area is 103 Å². The Kier molecular flexibility index (Phi) is 5.01. The van der Waals surface area contributed by atoms with Gasteiger partial charge in [0.25, 0.3) is 0 Å². The van der Waals surface area contributed by atoms with Gasteiger partial charge in [-0.3, -0.25) is 0 Å². The monoisotopic (exact) mass is 236 g/mol. The molecule has 0 radical (unpaired) electrons. The van der Waals surface area contributed by atoms with E-state index in [1.54, 1.807) is 6.92 Å². The van der Waals surface area contributed by atoms with Crippen molar-refractivity contribution in [2.24, 2.45) is 5.92 Å². The van der Waals surface area contributed by atoms with Gasteiger partial charge in [0, 0.05) is 5.92 Å². The van der Waals surface area contributed by atoms with Crippen LogP contribution in [0.5, 0.6) is 5.75 Å². The van der Waals surface area contributed by atoms with E-state index in [1.807, 2.05) is 45.0 Å². The average molecular weight is 236 g/mol. The number of benzene rings is 1. The van der Waals surface area contributed by atoms with Gasteiger partial charge in [-0.1, -0.05) is 32.0 Å². The van der Waals surface area contributed by atoms with Crippen molar-refractivity contribution in [2.45, 2.75) is 33.8 Å². The molecule has 1 aromatic carbocycles. The molecule has 0 bridgehead atoms. The minimum Gasteiger partial charge on any atom is -0.478 e. The van der Waals surface area contributed by atoms with Crippen LogP contribution in [-0.2, 0) is 9.53 Å². The number of carbonyl (C=O) groups is 1. The fourth-order valence-corrected chi connectivity index (χ4v) is 1.51. The minimum absolute atomic E-state index is 0.0775. The van der Waals surface area contributed by atoms with E-state index in [4.69, 9.17) is 9.47 Å². The van der Waals surface area contributed by atoms with Crippen molar-refractivity contribution in [3.05, 3.63) is 29.8 Å². The molecule has 0 N–H and O–H groups in total. The maximum Gasteiger partial charge on any atom is 0.347 e. The number of aryl methyl sites for hydroxylation is 1. The van der Waals surface area contributed by atoms with E-state index in [0.29, 0.717) is 6.61 Å². The molecule has 0 aromatic heterocycles. The largest absolute Gasteiger partial charge is 0.478 e. The quantitative estimate of drug-likeness (QED) is 0.737. The molecule has 0 amide bonds. The molecule has 0 spiro atoms. The van der Waals surface area contributed by atoms with Gasteiger partial charge in [0.2, 0.25) is 0 Å². The van der Waals surface area contributed by atoms with Gasteiger partial charge in [0.1, 0.15) is 5.75 Å². The van der Waals surface area contributed by atoms with Crippen molar-refractivity contribution in [2.75, 3.05) is 6.61 Å². The highest BCUT2D eigenvalue weighted by Crippen LogP contribution is 2.21. The van der Waals surface area contributed by atoms with Gasteiger partial charge >= 0.3 is 5.97 Å². The van der Waals surface area contributed by atoms with E-state index in [2.05, 4.69) is 0 Å². The maximum absolute atomic E-state index is 11.8. The van der Waals surface area contributed by atoms with E-state index in [9.17, 15) is 4.79 Å². The van der Waals surface area contributed by atoms with E-state index in [1.165, 1.54) is 0 Å². The van der Waals surface area contributed by atoms with Crippen molar-refractivity contribution in [1.82, 2.24) is 0 Å². The van der Waals surface area contributed by atoms with Crippen LogP contribution in [0.15, 0.2) is 24.3 Å². The molecule has 1 aromatic rings. The molecule has 0 saturated carbocycles. The number of hydrogen-bond acceptors (Lipinski definition) is 3. The molecular weight excluding hydrogens is 216 g/mol. The van der Waals surface area contributed by atoms with E-state index < -0.39 is 6.10 Å². The third-order valence-corrected chi connectivity index (χ3v) is 2.47. The summed E-state index contributed by atoms with van der Waals surface area (Å²) in [5.41, 5.74) is 1.02. The third kappa shape index (κ3) is 3.77. The van der Waals surface area contributed by atoms with Crippen LogP contribution in [0.2, 0.25) is 0 Å². The Morgan fingerprint density at radius 1 is 1.29 bits per heavy atom. The first-order chi connectivity index (χ1) is 8.06. The van der Waals surface area contributed by atoms with Crippen LogP contribution in [0.25, 0.3) is 0 Å². The molecule has 3 heteroatoms. The molecule has 3 nitrogen and oxygen atoms in total. The second-order valence-electron chi connectivity index (χ2n) is 4.30. The highest BCUT2D eigenvalue weighted by molar-refractivity contribution is 5.75. The van der Waals surface area contributed by atoms with Crippen LogP contribution in [0.4, 0.5) is 0 Å². The lowest BCUT2D eigenvalue weighted by Gasteiger charge is -2.21. The van der Waals surface area contributed by atoms with Gasteiger partial charge in [0.15, 0.2) is 6.10 Å². The topological polar surface area (TPSA) is 35.5 Å². The molecule has 94 valence electrons. The summed E-state index contributed by atoms with van der Waals surface area (Å²) in [4.78, 5) is 11.8. The van der Waals surface area contributed by atoms with Gasteiger partial charge in [0.05, 0.1) is 6.61 Å². The second kappa shape index (κ2) is 6.28. The summed E-state index contributed by atoms with van der Waals surface area (Å²) in [7, 11) is 0. The average Bonchev–Trinajstić information content (AvgIpc) is 2.27. The molecule has 1 unspecified atom stereocenters. The van der Waals surface area contributed by atoms with Gasteiger partial charge < -0.3 is 9.47 Å². The normalized spacial score (nSPS) is 12.3. The summed E-state index contributed by atoms with van der Waals surface area (Å²) in [6.45, 7) is 8.01. The number of carbonyl (C=O) groups excluding carboxylic acids is 1. The van der Waals surface area contributed by atoms with Gasteiger partial charge in [-0.2, -0.15) is 0 Å². The Morgan fingerprint density at radius 2 is 1.94 bits per heavy atom. The van der Waals surface area contributed by atoms with Crippen LogP contribution in [-0.4, -0.2) is 18.7 Å². The first-order valence-corrected chi connectivity index (χ1v) is 5.95. The minimum atomic E-state index is -0.545. The fourth-order valence-electron chi connectivity index (χ4n) is 1.51. The smallest absolute Gasteiger partial charge is 0.347 e. The van der Waals surface area contributed by atoms with Crippen LogP contribution >= 0.6 is 0 Å². The Bertz CT molecular complexity index is 371. The van der Waals surface area contributed by atoms with Crippen LogP contribution in [0.1, 0.15) is 26.3 Å². The molecule has 0 aliphatic carbocycles. The molecule has 0 fully saturated rings. The van der Waals surface area contributed by atoms with Gasteiger partial charge in [-0.05, 0) is 25.5 Å². The van der Waals surface area contributed by atoms with Crippen LogP contribution in [0.3, 0.4) is 0 Å². The van der Waals surface area contributed by atoms with Gasteiger partial charge in [-0.25, -0.2) is 4.79 Å². The summed E-state index contributed by atoms with van der Waals surface area (Å²) >= 11 is 0. The molecule has 0 aliphatic heterocycles. The summed E-state index contributed by atoms with van der Waals surface area (Å²) in [6, 6.07) is 7.66. The standard InChI is InChI=1S/C14H20O3/c1-5-16-14(15)13(10(2)3)17-12-9-7-6-8-11(12)4/h6-10,13H,5H2,1-4H3. The zero-order chi connectivity index (χ0) is 12.8. The first-order valence-electron chi connectivity index (χ1n) is 5.95. The van der Waals surface area contributed by atoms with Crippen LogP contribution in [0, 0.1) is 12.8 Å². The zero-order valence-electron chi connectivity index (χ0n) is 10.9.